The highest BCUT2D eigenvalue weighted by Gasteiger charge is 2.31. The second-order valence-electron chi connectivity index (χ2n) is 4.74. The van der Waals surface area contributed by atoms with Crippen LogP contribution in [0, 0.1) is 5.21 Å². The molecular weight excluding hydrogens is 287 g/mol. The van der Waals surface area contributed by atoms with Crippen molar-refractivity contribution in [2.24, 2.45) is 0 Å². The van der Waals surface area contributed by atoms with Crippen molar-refractivity contribution in [3.05, 3.63) is 29.0 Å². The zero-order valence-corrected chi connectivity index (χ0v) is 11.5. The summed E-state index contributed by atoms with van der Waals surface area (Å²) in [6, 6.07) is 2.73. The molecule has 2 rings (SSSR count). The van der Waals surface area contributed by atoms with E-state index in [4.69, 9.17) is 0 Å². The van der Waals surface area contributed by atoms with Crippen LogP contribution >= 0.6 is 0 Å². The summed E-state index contributed by atoms with van der Waals surface area (Å²) >= 11 is 0. The molecule has 0 saturated carbocycles. The third-order valence-electron chi connectivity index (χ3n) is 2.76. The Morgan fingerprint density at radius 3 is 2.67 bits per heavy atom. The van der Waals surface area contributed by atoms with Gasteiger partial charge >= 0.3 is 6.18 Å². The van der Waals surface area contributed by atoms with Gasteiger partial charge in [0.1, 0.15) is 5.52 Å². The molecule has 0 unspecified atom stereocenters. The summed E-state index contributed by atoms with van der Waals surface area (Å²) < 4.78 is 38.0. The fourth-order valence-corrected chi connectivity index (χ4v) is 1.69. The molecule has 0 saturated heterocycles. The molecule has 0 fully saturated rings. The van der Waals surface area contributed by atoms with Crippen molar-refractivity contribution in [2.45, 2.75) is 6.18 Å². The van der Waals surface area contributed by atoms with Crippen molar-refractivity contribution in [2.75, 3.05) is 32.5 Å². The van der Waals surface area contributed by atoms with Gasteiger partial charge in [-0.1, -0.05) is 0 Å². The summed E-state index contributed by atoms with van der Waals surface area (Å²) in [6.07, 6.45) is -4.48. The molecule has 6 nitrogen and oxygen atoms in total. The van der Waals surface area contributed by atoms with Gasteiger partial charge in [-0.3, -0.25) is 0 Å². The predicted octanol–water partition coefficient (Wildman–Crippen LogP) is 1.26. The average Bonchev–Trinajstić information content (AvgIpc) is 2.36. The highest BCUT2D eigenvalue weighted by Crippen LogP contribution is 2.30. The molecule has 0 aliphatic rings. The van der Waals surface area contributed by atoms with Crippen LogP contribution in [0.2, 0.25) is 0 Å². The fraction of sp³-hybridized carbons (Fsp3) is 0.417. The number of hydrogen-bond donors (Lipinski definition) is 1. The Balaban J connectivity index is 2.33. The molecule has 0 aliphatic heterocycles. The topological polar surface area (TPSA) is 68.0 Å². The monoisotopic (exact) mass is 301 g/mol. The van der Waals surface area contributed by atoms with Crippen LogP contribution < -0.4 is 10.2 Å². The van der Waals surface area contributed by atoms with E-state index in [1.807, 2.05) is 19.0 Å². The summed E-state index contributed by atoms with van der Waals surface area (Å²) in [6.45, 7) is 1.14. The lowest BCUT2D eigenvalue weighted by molar-refractivity contribution is -0.641. The molecule has 1 N–H and O–H groups in total. The van der Waals surface area contributed by atoms with Crippen LogP contribution in [0.5, 0.6) is 0 Å². The van der Waals surface area contributed by atoms with Gasteiger partial charge in [0.2, 0.25) is 0 Å². The number of nitrogens with zero attached hydrogens (tertiary/aromatic N) is 4. The number of halogens is 3. The van der Waals surface area contributed by atoms with Crippen molar-refractivity contribution in [1.29, 1.82) is 0 Å². The van der Waals surface area contributed by atoms with Crippen molar-refractivity contribution in [1.82, 2.24) is 15.0 Å². The van der Waals surface area contributed by atoms with Gasteiger partial charge in [0.25, 0.3) is 11.5 Å². The van der Waals surface area contributed by atoms with Gasteiger partial charge in [0.05, 0.1) is 10.7 Å². The van der Waals surface area contributed by atoms with Crippen LogP contribution in [0.3, 0.4) is 0 Å². The maximum absolute atomic E-state index is 12.7. The molecule has 0 bridgehead atoms. The van der Waals surface area contributed by atoms with Crippen LogP contribution in [-0.4, -0.2) is 42.2 Å². The summed E-state index contributed by atoms with van der Waals surface area (Å²) in [5.41, 5.74) is -0.920. The number of hydrogen-bond acceptors (Lipinski definition) is 5. The first-order chi connectivity index (χ1) is 9.77. The van der Waals surface area contributed by atoms with Crippen LogP contribution in [0.1, 0.15) is 5.56 Å². The predicted molar refractivity (Wildman–Crippen MR) is 70.5 cm³/mol. The first-order valence-corrected chi connectivity index (χ1v) is 6.15. The minimum absolute atomic E-state index is 0.00123. The standard InChI is InChI=1S/C12H14F3N5O/c1-19(2)6-5-16-11-17-9-7-8(12(13,14)15)3-4-10(9)20(21)18-11/h3-4,7H,5-6H2,1-2H3,(H,16,17,18). The van der Waals surface area contributed by atoms with E-state index in [0.29, 0.717) is 13.1 Å². The lowest BCUT2D eigenvalue weighted by Gasteiger charge is -2.10. The molecule has 0 spiro atoms. The maximum atomic E-state index is 12.7. The Kier molecular flexibility index (Phi) is 4.12. The number of anilines is 1. The van der Waals surface area contributed by atoms with E-state index in [1.165, 1.54) is 0 Å². The fourth-order valence-electron chi connectivity index (χ4n) is 1.69. The zero-order chi connectivity index (χ0) is 15.6. The van der Waals surface area contributed by atoms with Gasteiger partial charge in [-0.2, -0.15) is 13.2 Å². The smallest absolute Gasteiger partial charge is 0.416 e. The first-order valence-electron chi connectivity index (χ1n) is 6.15. The Bertz CT molecular complexity index is 645. The molecule has 114 valence electrons. The molecular formula is C12H14F3N5O. The highest BCUT2D eigenvalue weighted by molar-refractivity contribution is 5.72. The van der Waals surface area contributed by atoms with Gasteiger partial charge < -0.3 is 15.4 Å². The lowest BCUT2D eigenvalue weighted by Crippen LogP contribution is -2.34. The first kappa shape index (κ1) is 15.2. The summed E-state index contributed by atoms with van der Waals surface area (Å²) in [5, 5.41) is 18.1. The van der Waals surface area contributed by atoms with E-state index in [0.717, 1.165) is 18.2 Å². The molecule has 0 amide bonds. The summed E-state index contributed by atoms with van der Waals surface area (Å²) in [5.74, 6) is -0.00123. The third kappa shape index (κ3) is 3.69. The van der Waals surface area contributed by atoms with Crippen molar-refractivity contribution < 1.29 is 18.0 Å². The van der Waals surface area contributed by atoms with Crippen LogP contribution in [0.4, 0.5) is 19.1 Å². The Labute approximate surface area is 118 Å². The van der Waals surface area contributed by atoms with Crippen LogP contribution in [0.25, 0.3) is 11.0 Å². The number of benzene rings is 1. The number of fused-ring (bicyclic) bond motifs is 1. The van der Waals surface area contributed by atoms with E-state index in [-0.39, 0.29) is 21.8 Å². The minimum Gasteiger partial charge on any atom is -0.594 e. The molecule has 9 heteroatoms. The van der Waals surface area contributed by atoms with E-state index < -0.39 is 11.7 Å². The van der Waals surface area contributed by atoms with E-state index in [2.05, 4.69) is 15.4 Å². The second-order valence-corrected chi connectivity index (χ2v) is 4.74. The lowest BCUT2D eigenvalue weighted by atomic mass is 10.2. The van der Waals surface area contributed by atoms with E-state index in [9.17, 15) is 18.4 Å². The van der Waals surface area contributed by atoms with Crippen LogP contribution in [-0.2, 0) is 6.18 Å². The summed E-state index contributed by atoms with van der Waals surface area (Å²) in [7, 11) is 3.73. The van der Waals surface area contributed by atoms with E-state index >= 15 is 0 Å². The number of aromatic nitrogens is 3. The number of nitrogens with one attached hydrogen (secondary N) is 1. The normalized spacial score (nSPS) is 12.1. The van der Waals surface area contributed by atoms with E-state index in [1.54, 1.807) is 0 Å². The Hall–Kier alpha value is -2.16. The summed E-state index contributed by atoms with van der Waals surface area (Å²) in [4.78, 5) is 6.11. The number of rotatable bonds is 4. The Morgan fingerprint density at radius 1 is 1.33 bits per heavy atom. The molecule has 1 heterocycles. The maximum Gasteiger partial charge on any atom is 0.416 e. The van der Waals surface area contributed by atoms with Gasteiger partial charge in [-0.25, -0.2) is 4.98 Å². The van der Waals surface area contributed by atoms with Gasteiger partial charge in [-0.05, 0) is 31.1 Å². The van der Waals surface area contributed by atoms with Crippen molar-refractivity contribution in [3.8, 4) is 0 Å². The largest absolute Gasteiger partial charge is 0.594 e. The zero-order valence-electron chi connectivity index (χ0n) is 11.5. The van der Waals surface area contributed by atoms with Gasteiger partial charge in [0, 0.05) is 19.2 Å². The highest BCUT2D eigenvalue weighted by atomic mass is 19.4. The SMILES string of the molecule is CN(C)CCNc1nc2cc(C(F)(F)F)ccc2[n+]([O-])n1. The van der Waals surface area contributed by atoms with Gasteiger partial charge in [-0.15, -0.1) is 0 Å². The number of alkyl halides is 3. The quantitative estimate of drug-likeness (QED) is 0.680. The van der Waals surface area contributed by atoms with Crippen molar-refractivity contribution in [3.63, 3.8) is 0 Å². The Morgan fingerprint density at radius 2 is 2.05 bits per heavy atom. The average molecular weight is 301 g/mol. The van der Waals surface area contributed by atoms with Gasteiger partial charge in [0.15, 0.2) is 0 Å². The molecule has 21 heavy (non-hydrogen) atoms. The molecule has 1 aromatic heterocycles. The number of likely N-dealkylation sites (N-methyl/N-ethyl adjacent to an activating group) is 1. The van der Waals surface area contributed by atoms with Crippen LogP contribution in [0.15, 0.2) is 18.2 Å². The molecule has 1 aromatic carbocycles. The van der Waals surface area contributed by atoms with Crippen molar-refractivity contribution >= 4 is 17.0 Å². The second kappa shape index (κ2) is 5.68. The third-order valence-corrected chi connectivity index (χ3v) is 2.76. The molecule has 2 aromatic rings. The molecule has 0 atom stereocenters. The molecule has 0 radical (unpaired) electrons. The molecule has 0 aliphatic carbocycles. The minimum atomic E-state index is -4.48.